The van der Waals surface area contributed by atoms with Gasteiger partial charge in [-0.3, -0.25) is 4.84 Å². The van der Waals surface area contributed by atoms with Crippen molar-refractivity contribution in [1.82, 2.24) is 9.37 Å². The van der Waals surface area contributed by atoms with Crippen LogP contribution in [0.3, 0.4) is 0 Å². The smallest absolute Gasteiger partial charge is 0.243 e. The van der Waals surface area contributed by atoms with E-state index in [4.69, 9.17) is 4.84 Å². The molecule has 22 heavy (non-hydrogen) atoms. The van der Waals surface area contributed by atoms with Gasteiger partial charge < -0.3 is 0 Å². The zero-order valence-corrected chi connectivity index (χ0v) is 14.0. The third-order valence-electron chi connectivity index (χ3n) is 5.62. The molecule has 3 fully saturated rings. The highest BCUT2D eigenvalue weighted by Crippen LogP contribution is 2.59. The lowest BCUT2D eigenvalue weighted by atomic mass is 9.95. The molecule has 1 aliphatic carbocycles. The van der Waals surface area contributed by atoms with Crippen molar-refractivity contribution in [3.05, 3.63) is 29.8 Å². The average molecular weight is 322 g/mol. The maximum absolute atomic E-state index is 12.9. The van der Waals surface area contributed by atoms with E-state index < -0.39 is 10.0 Å². The van der Waals surface area contributed by atoms with Gasteiger partial charge in [0.25, 0.3) is 0 Å². The quantitative estimate of drug-likeness (QED) is 0.830. The predicted molar refractivity (Wildman–Crippen MR) is 82.6 cm³/mol. The number of benzene rings is 1. The number of fused-ring (bicyclic) bond motifs is 2. The van der Waals surface area contributed by atoms with Crippen LogP contribution in [-0.4, -0.2) is 49.6 Å². The van der Waals surface area contributed by atoms with Gasteiger partial charge in [-0.25, -0.2) is 8.42 Å². The van der Waals surface area contributed by atoms with E-state index >= 15 is 0 Å². The minimum absolute atomic E-state index is 0.114. The lowest BCUT2D eigenvalue weighted by Crippen LogP contribution is -2.35. The standard InChI is InChI=1S/C16H22N2O3S/c1-11-4-6-13(7-5-11)22(19,20)18-9-14-15(10-18)17(3)21-16(14)8-12(16)2/h4-7,12,14-15H,8-10H2,1-3H3/t12-,14+,15-,16-/m0/s1. The van der Waals surface area contributed by atoms with Gasteiger partial charge in [-0.15, -0.1) is 0 Å². The fraction of sp³-hybridized carbons (Fsp3) is 0.625. The summed E-state index contributed by atoms with van der Waals surface area (Å²) in [5, 5.41) is 1.89. The van der Waals surface area contributed by atoms with Gasteiger partial charge in [0.1, 0.15) is 0 Å². The number of rotatable bonds is 2. The Hall–Kier alpha value is -0.950. The van der Waals surface area contributed by atoms with Crippen LogP contribution in [0.5, 0.6) is 0 Å². The summed E-state index contributed by atoms with van der Waals surface area (Å²) in [5.41, 5.74) is 0.952. The first-order valence-corrected chi connectivity index (χ1v) is 9.27. The van der Waals surface area contributed by atoms with Crippen molar-refractivity contribution in [2.75, 3.05) is 20.1 Å². The van der Waals surface area contributed by atoms with Crippen molar-refractivity contribution in [3.63, 3.8) is 0 Å². The summed E-state index contributed by atoms with van der Waals surface area (Å²) >= 11 is 0. The number of hydrogen-bond acceptors (Lipinski definition) is 4. The average Bonchev–Trinajstić information content (AvgIpc) is 2.86. The monoisotopic (exact) mass is 322 g/mol. The van der Waals surface area contributed by atoms with Crippen molar-refractivity contribution >= 4 is 10.0 Å². The van der Waals surface area contributed by atoms with Crippen molar-refractivity contribution in [3.8, 4) is 0 Å². The summed E-state index contributed by atoms with van der Waals surface area (Å²) in [6, 6.07) is 7.28. The highest BCUT2D eigenvalue weighted by Gasteiger charge is 2.68. The molecule has 2 aliphatic heterocycles. The molecule has 0 N–H and O–H groups in total. The van der Waals surface area contributed by atoms with E-state index in [1.165, 1.54) is 0 Å². The van der Waals surface area contributed by atoms with E-state index in [-0.39, 0.29) is 17.6 Å². The molecule has 0 unspecified atom stereocenters. The first-order chi connectivity index (χ1) is 10.3. The van der Waals surface area contributed by atoms with Gasteiger partial charge >= 0.3 is 0 Å². The summed E-state index contributed by atoms with van der Waals surface area (Å²) in [5.74, 6) is 0.805. The van der Waals surface area contributed by atoms with Crippen molar-refractivity contribution in [2.24, 2.45) is 11.8 Å². The van der Waals surface area contributed by atoms with Crippen LogP contribution < -0.4 is 0 Å². The van der Waals surface area contributed by atoms with Gasteiger partial charge in [0.15, 0.2) is 0 Å². The molecule has 0 radical (unpaired) electrons. The predicted octanol–water partition coefficient (Wildman–Crippen LogP) is 1.64. The Kier molecular flexibility index (Phi) is 3.02. The Morgan fingerprint density at radius 3 is 2.45 bits per heavy atom. The Bertz CT molecular complexity index is 703. The molecule has 4 rings (SSSR count). The number of hydroxylamine groups is 2. The number of aryl methyl sites for hydroxylation is 1. The zero-order chi connectivity index (χ0) is 15.7. The molecule has 1 spiro atoms. The maximum Gasteiger partial charge on any atom is 0.243 e. The topological polar surface area (TPSA) is 49.9 Å². The molecule has 2 saturated heterocycles. The van der Waals surface area contributed by atoms with Crippen LogP contribution in [0.2, 0.25) is 0 Å². The minimum Gasteiger partial charge on any atom is -0.292 e. The number of sulfonamides is 1. The van der Waals surface area contributed by atoms with Crippen LogP contribution in [-0.2, 0) is 14.9 Å². The van der Waals surface area contributed by atoms with E-state index in [0.717, 1.165) is 12.0 Å². The van der Waals surface area contributed by atoms with Gasteiger partial charge in [0.2, 0.25) is 10.0 Å². The lowest BCUT2D eigenvalue weighted by molar-refractivity contribution is -0.162. The van der Waals surface area contributed by atoms with Crippen LogP contribution in [0.25, 0.3) is 0 Å². The van der Waals surface area contributed by atoms with Crippen LogP contribution in [0, 0.1) is 18.8 Å². The molecule has 4 atom stereocenters. The molecule has 0 bridgehead atoms. The molecule has 6 heteroatoms. The molecular weight excluding hydrogens is 300 g/mol. The van der Waals surface area contributed by atoms with E-state index in [0.29, 0.717) is 23.9 Å². The second-order valence-corrected chi connectivity index (χ2v) is 8.94. The fourth-order valence-corrected chi connectivity index (χ4v) is 5.61. The molecule has 120 valence electrons. The number of nitrogens with zero attached hydrogens (tertiary/aromatic N) is 2. The van der Waals surface area contributed by atoms with Gasteiger partial charge in [-0.1, -0.05) is 24.6 Å². The summed E-state index contributed by atoms with van der Waals surface area (Å²) < 4.78 is 27.4. The highest BCUT2D eigenvalue weighted by molar-refractivity contribution is 7.89. The van der Waals surface area contributed by atoms with Crippen LogP contribution in [0.4, 0.5) is 0 Å². The Morgan fingerprint density at radius 2 is 1.86 bits per heavy atom. The Balaban J connectivity index is 1.62. The zero-order valence-electron chi connectivity index (χ0n) is 13.2. The summed E-state index contributed by atoms with van der Waals surface area (Å²) in [6.07, 6.45) is 1.04. The highest BCUT2D eigenvalue weighted by atomic mass is 32.2. The third kappa shape index (κ3) is 1.91. The minimum atomic E-state index is -3.41. The molecular formula is C16H22N2O3S. The molecule has 1 saturated carbocycles. The fourth-order valence-electron chi connectivity index (χ4n) is 4.12. The van der Waals surface area contributed by atoms with E-state index in [1.807, 2.05) is 31.2 Å². The number of hydrogen-bond donors (Lipinski definition) is 0. The lowest BCUT2D eigenvalue weighted by Gasteiger charge is -2.22. The first-order valence-electron chi connectivity index (χ1n) is 7.83. The van der Waals surface area contributed by atoms with Crippen molar-refractivity contribution in [2.45, 2.75) is 36.8 Å². The summed E-state index contributed by atoms with van der Waals surface area (Å²) in [7, 11) is -1.48. The van der Waals surface area contributed by atoms with Crippen LogP contribution >= 0.6 is 0 Å². The normalized spacial score (nSPS) is 38.6. The number of likely N-dealkylation sites (N-methyl/N-ethyl adjacent to an activating group) is 1. The van der Waals surface area contributed by atoms with E-state index in [9.17, 15) is 8.42 Å². The largest absolute Gasteiger partial charge is 0.292 e. The second-order valence-electron chi connectivity index (χ2n) is 7.01. The Morgan fingerprint density at radius 1 is 1.23 bits per heavy atom. The molecule has 3 aliphatic rings. The van der Waals surface area contributed by atoms with Crippen molar-refractivity contribution in [1.29, 1.82) is 0 Å². The van der Waals surface area contributed by atoms with Gasteiger partial charge in [-0.05, 0) is 31.4 Å². The van der Waals surface area contributed by atoms with Crippen LogP contribution in [0.1, 0.15) is 18.9 Å². The van der Waals surface area contributed by atoms with Crippen LogP contribution in [0.15, 0.2) is 29.2 Å². The van der Waals surface area contributed by atoms with Crippen molar-refractivity contribution < 1.29 is 13.3 Å². The molecule has 5 nitrogen and oxygen atoms in total. The third-order valence-corrected chi connectivity index (χ3v) is 7.47. The molecule has 0 amide bonds. The summed E-state index contributed by atoms with van der Waals surface area (Å²) in [4.78, 5) is 6.42. The van der Waals surface area contributed by atoms with Gasteiger partial charge in [0.05, 0.1) is 16.5 Å². The van der Waals surface area contributed by atoms with E-state index in [2.05, 4.69) is 6.92 Å². The summed E-state index contributed by atoms with van der Waals surface area (Å²) in [6.45, 7) is 5.23. The molecule has 1 aromatic rings. The Labute approximate surface area is 131 Å². The van der Waals surface area contributed by atoms with E-state index in [1.54, 1.807) is 16.4 Å². The van der Waals surface area contributed by atoms with Gasteiger partial charge in [-0.2, -0.15) is 9.37 Å². The SMILES string of the molecule is Cc1ccc(S(=O)(=O)N2C[C@@H]3[C@H](C2)N(C)O[C@]32C[C@@H]2C)cc1. The molecule has 0 aromatic heterocycles. The molecule has 1 aromatic carbocycles. The first kappa shape index (κ1) is 14.6. The second kappa shape index (κ2) is 4.54. The van der Waals surface area contributed by atoms with Gasteiger partial charge in [0, 0.05) is 26.1 Å². The molecule has 2 heterocycles. The maximum atomic E-state index is 12.9.